The van der Waals surface area contributed by atoms with Crippen LogP contribution >= 0.6 is 0 Å². The number of nitrogens with one attached hydrogen (secondary N) is 2. The first kappa shape index (κ1) is 17.0. The molecule has 1 aliphatic rings. The second-order valence-electron chi connectivity index (χ2n) is 6.23. The lowest BCUT2D eigenvalue weighted by Crippen LogP contribution is -2.30. The molecule has 0 spiro atoms. The van der Waals surface area contributed by atoms with E-state index in [0.717, 1.165) is 19.3 Å². The average molecular weight is 340 g/mol. The number of aromatic amines is 1. The van der Waals surface area contributed by atoms with E-state index in [-0.39, 0.29) is 11.5 Å². The Balaban J connectivity index is 1.60. The highest BCUT2D eigenvalue weighted by Gasteiger charge is 2.21. The van der Waals surface area contributed by atoms with E-state index >= 15 is 0 Å². The van der Waals surface area contributed by atoms with Gasteiger partial charge < -0.3 is 15.0 Å². The predicted molar refractivity (Wildman–Crippen MR) is 92.8 cm³/mol. The second kappa shape index (κ2) is 6.93. The van der Waals surface area contributed by atoms with Crippen LogP contribution in [0.2, 0.25) is 0 Å². The fraction of sp³-hybridized carbons (Fsp3) is 0.316. The van der Waals surface area contributed by atoms with Gasteiger partial charge >= 0.3 is 5.97 Å². The number of aryl methyl sites for hydroxylation is 2. The lowest BCUT2D eigenvalue weighted by Gasteiger charge is -2.13. The zero-order valence-corrected chi connectivity index (χ0v) is 14.2. The Morgan fingerprint density at radius 1 is 1.16 bits per heavy atom. The number of esters is 1. The van der Waals surface area contributed by atoms with Gasteiger partial charge in [-0.05, 0) is 62.4 Å². The Labute approximate surface area is 145 Å². The van der Waals surface area contributed by atoms with E-state index in [4.69, 9.17) is 4.74 Å². The number of carbonyl (C=O) groups is 3. The Bertz CT molecular complexity index is 838. The maximum Gasteiger partial charge on any atom is 0.355 e. The number of anilines is 1. The molecule has 2 aromatic rings. The number of hydrogen-bond donors (Lipinski definition) is 2. The summed E-state index contributed by atoms with van der Waals surface area (Å²) in [4.78, 5) is 38.2. The first-order valence-electron chi connectivity index (χ1n) is 8.27. The van der Waals surface area contributed by atoms with Gasteiger partial charge in [0.2, 0.25) is 0 Å². The van der Waals surface area contributed by atoms with E-state index < -0.39 is 18.0 Å². The lowest BCUT2D eigenvalue weighted by molar-refractivity contribution is -0.123. The molecule has 1 aromatic heterocycles. The summed E-state index contributed by atoms with van der Waals surface area (Å²) >= 11 is 0. The van der Waals surface area contributed by atoms with Gasteiger partial charge in [-0.3, -0.25) is 9.59 Å². The minimum absolute atomic E-state index is 0.141. The number of aromatic nitrogens is 1. The van der Waals surface area contributed by atoms with E-state index in [1.807, 2.05) is 18.2 Å². The van der Waals surface area contributed by atoms with E-state index in [2.05, 4.69) is 10.3 Å². The van der Waals surface area contributed by atoms with Gasteiger partial charge in [-0.2, -0.15) is 0 Å². The van der Waals surface area contributed by atoms with Crippen LogP contribution < -0.4 is 5.32 Å². The normalized spacial score (nSPS) is 13.8. The smallest absolute Gasteiger partial charge is 0.355 e. The van der Waals surface area contributed by atoms with Crippen LogP contribution in [-0.4, -0.2) is 28.7 Å². The molecule has 3 rings (SSSR count). The summed E-state index contributed by atoms with van der Waals surface area (Å²) in [6.07, 6.45) is 3.72. The molecule has 6 nitrogen and oxygen atoms in total. The Morgan fingerprint density at radius 2 is 1.92 bits per heavy atom. The molecule has 0 saturated carbocycles. The van der Waals surface area contributed by atoms with Crippen LogP contribution in [0.4, 0.5) is 5.69 Å². The second-order valence-corrected chi connectivity index (χ2v) is 6.23. The molecule has 0 bridgehead atoms. The van der Waals surface area contributed by atoms with Crippen molar-refractivity contribution in [1.82, 2.24) is 4.98 Å². The van der Waals surface area contributed by atoms with Gasteiger partial charge in [0.1, 0.15) is 5.69 Å². The summed E-state index contributed by atoms with van der Waals surface area (Å²) in [5, 5.41) is 2.77. The van der Waals surface area contributed by atoms with Crippen molar-refractivity contribution in [2.24, 2.45) is 0 Å². The topological polar surface area (TPSA) is 88.3 Å². The third-order valence-electron chi connectivity index (χ3n) is 4.33. The molecular weight excluding hydrogens is 320 g/mol. The van der Waals surface area contributed by atoms with Crippen molar-refractivity contribution in [1.29, 1.82) is 0 Å². The molecule has 25 heavy (non-hydrogen) atoms. The monoisotopic (exact) mass is 340 g/mol. The van der Waals surface area contributed by atoms with Crippen LogP contribution in [0.25, 0.3) is 0 Å². The standard InChI is InChI=1S/C19H20N2O4/c1-11(22)15-9-17(20-10-15)19(24)25-12(2)18(23)21-16-7-6-13-4-3-5-14(13)8-16/h6-10,12,20H,3-5H2,1-2H3,(H,21,23)/t12-/m1/s1. The molecule has 1 aliphatic carbocycles. The van der Waals surface area contributed by atoms with Crippen molar-refractivity contribution in [3.05, 3.63) is 52.8 Å². The molecule has 0 saturated heterocycles. The fourth-order valence-electron chi connectivity index (χ4n) is 2.89. The first-order valence-corrected chi connectivity index (χ1v) is 8.27. The lowest BCUT2D eigenvalue weighted by atomic mass is 10.1. The molecule has 130 valence electrons. The van der Waals surface area contributed by atoms with Gasteiger partial charge in [-0.25, -0.2) is 4.79 Å². The van der Waals surface area contributed by atoms with Crippen molar-refractivity contribution in [3.8, 4) is 0 Å². The van der Waals surface area contributed by atoms with Crippen molar-refractivity contribution in [2.75, 3.05) is 5.32 Å². The number of hydrogen-bond acceptors (Lipinski definition) is 4. The number of benzene rings is 1. The fourth-order valence-corrected chi connectivity index (χ4v) is 2.89. The number of amides is 1. The number of Topliss-reactive ketones (excluding diaryl/α,β-unsaturated/α-hetero) is 1. The Kier molecular flexibility index (Phi) is 4.70. The number of H-pyrrole nitrogens is 1. The van der Waals surface area contributed by atoms with E-state index in [1.54, 1.807) is 0 Å². The molecule has 1 amide bonds. The largest absolute Gasteiger partial charge is 0.448 e. The maximum atomic E-state index is 12.2. The molecule has 0 aliphatic heterocycles. The van der Waals surface area contributed by atoms with E-state index in [9.17, 15) is 14.4 Å². The maximum absolute atomic E-state index is 12.2. The quantitative estimate of drug-likeness (QED) is 0.647. The summed E-state index contributed by atoms with van der Waals surface area (Å²) < 4.78 is 5.16. The van der Waals surface area contributed by atoms with Gasteiger partial charge in [-0.1, -0.05) is 6.07 Å². The number of ether oxygens (including phenoxy) is 1. The van der Waals surface area contributed by atoms with Crippen molar-refractivity contribution >= 4 is 23.3 Å². The summed E-state index contributed by atoms with van der Waals surface area (Å²) in [7, 11) is 0. The van der Waals surface area contributed by atoms with Crippen LogP contribution in [0, 0.1) is 0 Å². The zero-order valence-electron chi connectivity index (χ0n) is 14.2. The predicted octanol–water partition coefficient (Wildman–Crippen LogP) is 2.89. The van der Waals surface area contributed by atoms with Gasteiger partial charge in [0, 0.05) is 17.4 Å². The highest BCUT2D eigenvalue weighted by molar-refractivity contribution is 5.99. The summed E-state index contributed by atoms with van der Waals surface area (Å²) in [5.74, 6) is -1.23. The first-order chi connectivity index (χ1) is 11.9. The van der Waals surface area contributed by atoms with Crippen molar-refractivity contribution in [2.45, 2.75) is 39.2 Å². The molecule has 6 heteroatoms. The van der Waals surface area contributed by atoms with Gasteiger partial charge in [-0.15, -0.1) is 0 Å². The molecule has 0 radical (unpaired) electrons. The van der Waals surface area contributed by atoms with E-state index in [0.29, 0.717) is 11.3 Å². The van der Waals surface area contributed by atoms with Gasteiger partial charge in [0.15, 0.2) is 11.9 Å². The average Bonchev–Trinajstić information content (AvgIpc) is 3.23. The molecule has 1 atom stereocenters. The van der Waals surface area contributed by atoms with Crippen LogP contribution in [-0.2, 0) is 22.4 Å². The van der Waals surface area contributed by atoms with Crippen LogP contribution in [0.5, 0.6) is 0 Å². The Hall–Kier alpha value is -2.89. The minimum Gasteiger partial charge on any atom is -0.448 e. The SMILES string of the molecule is CC(=O)c1c[nH]c(C(=O)O[C@H](C)C(=O)Nc2ccc3c(c2)CCC3)c1. The molecule has 1 aromatic carbocycles. The Morgan fingerprint density at radius 3 is 2.64 bits per heavy atom. The van der Waals surface area contributed by atoms with Gasteiger partial charge in [0.05, 0.1) is 0 Å². The zero-order chi connectivity index (χ0) is 18.0. The van der Waals surface area contributed by atoms with Crippen molar-refractivity contribution < 1.29 is 19.1 Å². The highest BCUT2D eigenvalue weighted by atomic mass is 16.5. The number of carbonyl (C=O) groups excluding carboxylic acids is 3. The molecule has 1 heterocycles. The number of fused-ring (bicyclic) bond motifs is 1. The van der Waals surface area contributed by atoms with Crippen molar-refractivity contribution in [3.63, 3.8) is 0 Å². The third-order valence-corrected chi connectivity index (χ3v) is 4.33. The molecule has 0 unspecified atom stereocenters. The summed E-state index contributed by atoms with van der Waals surface area (Å²) in [5.41, 5.74) is 3.81. The summed E-state index contributed by atoms with van der Waals surface area (Å²) in [6.45, 7) is 2.92. The molecular formula is C19H20N2O4. The van der Waals surface area contributed by atoms with Crippen LogP contribution in [0.1, 0.15) is 52.2 Å². The van der Waals surface area contributed by atoms with Gasteiger partial charge in [0.25, 0.3) is 5.91 Å². The number of rotatable bonds is 5. The summed E-state index contributed by atoms with van der Waals surface area (Å²) in [6, 6.07) is 7.27. The molecule has 2 N–H and O–H groups in total. The number of ketones is 1. The molecule has 0 fully saturated rings. The van der Waals surface area contributed by atoms with Crippen LogP contribution in [0.15, 0.2) is 30.5 Å². The van der Waals surface area contributed by atoms with E-state index in [1.165, 1.54) is 37.2 Å². The minimum atomic E-state index is -0.954. The third kappa shape index (κ3) is 3.79. The highest BCUT2D eigenvalue weighted by Crippen LogP contribution is 2.25. The van der Waals surface area contributed by atoms with Crippen LogP contribution in [0.3, 0.4) is 0 Å².